The largest absolute Gasteiger partial charge is 0.469 e. The van der Waals surface area contributed by atoms with E-state index in [-0.39, 0.29) is 23.5 Å². The highest BCUT2D eigenvalue weighted by atomic mass is 16.5. The van der Waals surface area contributed by atoms with Gasteiger partial charge in [0.15, 0.2) is 5.82 Å². The quantitative estimate of drug-likeness (QED) is 0.509. The molecule has 196 valence electrons. The van der Waals surface area contributed by atoms with Crippen LogP contribution in [0.5, 0.6) is 0 Å². The Kier molecular flexibility index (Phi) is 7.94. The van der Waals surface area contributed by atoms with Crippen LogP contribution < -0.4 is 10.5 Å². The Labute approximate surface area is 214 Å². The number of carbonyl (C=O) groups is 1. The molecule has 0 N–H and O–H groups in total. The maximum absolute atomic E-state index is 13.9. The summed E-state index contributed by atoms with van der Waals surface area (Å²) in [6, 6.07) is 9.40. The minimum Gasteiger partial charge on any atom is -0.469 e. The minimum atomic E-state index is -0.186. The number of rotatable bonds is 7. The van der Waals surface area contributed by atoms with Crippen molar-refractivity contribution < 1.29 is 9.53 Å². The summed E-state index contributed by atoms with van der Waals surface area (Å²) in [5.74, 6) is 0.537. The summed E-state index contributed by atoms with van der Waals surface area (Å²) in [7, 11) is 1.43. The molecule has 7 heteroatoms. The topological polar surface area (TPSA) is 67.7 Å². The summed E-state index contributed by atoms with van der Waals surface area (Å²) >= 11 is 0. The molecule has 1 aromatic heterocycles. The molecule has 2 aliphatic heterocycles. The van der Waals surface area contributed by atoms with E-state index in [1.54, 1.807) is 0 Å². The number of fused-ring (bicyclic) bond motifs is 1. The van der Waals surface area contributed by atoms with Crippen molar-refractivity contribution in [3.8, 4) is 0 Å². The fourth-order valence-corrected chi connectivity index (χ4v) is 6.76. The zero-order valence-corrected chi connectivity index (χ0v) is 22.0. The first-order chi connectivity index (χ1) is 17.5. The Morgan fingerprint density at radius 2 is 1.81 bits per heavy atom. The number of hydrogen-bond donors (Lipinski definition) is 0. The molecule has 3 aliphatic rings. The van der Waals surface area contributed by atoms with Crippen LogP contribution in [0.1, 0.15) is 83.6 Å². The van der Waals surface area contributed by atoms with Gasteiger partial charge in [0.2, 0.25) is 0 Å². The molecule has 3 heterocycles. The molecule has 3 fully saturated rings. The van der Waals surface area contributed by atoms with Crippen molar-refractivity contribution in [2.24, 2.45) is 5.92 Å². The van der Waals surface area contributed by atoms with Gasteiger partial charge in [-0.2, -0.15) is 0 Å². The molecular weight excluding hydrogens is 452 g/mol. The van der Waals surface area contributed by atoms with E-state index in [0.29, 0.717) is 30.9 Å². The molecule has 1 aromatic carbocycles. The number of benzene rings is 1. The van der Waals surface area contributed by atoms with Gasteiger partial charge in [-0.15, -0.1) is 0 Å². The van der Waals surface area contributed by atoms with Gasteiger partial charge < -0.3 is 14.2 Å². The molecule has 2 saturated heterocycles. The van der Waals surface area contributed by atoms with E-state index in [4.69, 9.17) is 9.72 Å². The minimum absolute atomic E-state index is 0.00301. The summed E-state index contributed by atoms with van der Waals surface area (Å²) in [6.07, 6.45) is 13.0. The molecule has 2 aromatic rings. The second kappa shape index (κ2) is 11.3. The van der Waals surface area contributed by atoms with Crippen LogP contribution in [0.15, 0.2) is 29.1 Å². The fourth-order valence-electron chi connectivity index (χ4n) is 6.76. The third-order valence-electron chi connectivity index (χ3n) is 8.83. The number of aromatic nitrogens is 2. The van der Waals surface area contributed by atoms with Crippen LogP contribution in [0, 0.1) is 5.92 Å². The normalized spacial score (nSPS) is 24.8. The Morgan fingerprint density at radius 3 is 2.53 bits per heavy atom. The number of ether oxygens (including phenoxy) is 1. The lowest BCUT2D eigenvalue weighted by Crippen LogP contribution is -2.54. The highest BCUT2D eigenvalue weighted by Gasteiger charge is 2.35. The van der Waals surface area contributed by atoms with Crippen LogP contribution >= 0.6 is 0 Å². The number of para-hydroxylation sites is 2. The number of hydrogen-bond acceptors (Lipinski definition) is 6. The van der Waals surface area contributed by atoms with Gasteiger partial charge in [0.05, 0.1) is 24.6 Å². The monoisotopic (exact) mass is 494 g/mol. The van der Waals surface area contributed by atoms with Crippen molar-refractivity contribution in [2.45, 2.75) is 95.7 Å². The van der Waals surface area contributed by atoms with Crippen molar-refractivity contribution in [2.75, 3.05) is 31.6 Å². The lowest BCUT2D eigenvalue weighted by atomic mass is 9.88. The lowest BCUT2D eigenvalue weighted by Gasteiger charge is -2.48. The summed E-state index contributed by atoms with van der Waals surface area (Å²) in [5.41, 5.74) is 1.78. The van der Waals surface area contributed by atoms with Crippen molar-refractivity contribution in [1.82, 2.24) is 14.5 Å². The Balaban J connectivity index is 1.36. The average molecular weight is 495 g/mol. The van der Waals surface area contributed by atoms with E-state index in [1.807, 2.05) is 28.8 Å². The van der Waals surface area contributed by atoms with Crippen LogP contribution in [0.3, 0.4) is 0 Å². The zero-order valence-electron chi connectivity index (χ0n) is 22.0. The van der Waals surface area contributed by atoms with Crippen molar-refractivity contribution in [3.05, 3.63) is 34.6 Å². The number of esters is 1. The second-order valence-electron chi connectivity index (χ2n) is 11.2. The molecule has 3 atom stereocenters. The molecule has 1 unspecified atom stereocenters. The predicted molar refractivity (Wildman–Crippen MR) is 144 cm³/mol. The van der Waals surface area contributed by atoms with Gasteiger partial charge >= 0.3 is 5.97 Å². The first-order valence-electron chi connectivity index (χ1n) is 14.1. The van der Waals surface area contributed by atoms with Gasteiger partial charge in [-0.05, 0) is 57.1 Å². The van der Waals surface area contributed by atoms with Crippen LogP contribution in [-0.4, -0.2) is 59.2 Å². The van der Waals surface area contributed by atoms with Crippen LogP contribution in [0.4, 0.5) is 5.82 Å². The van der Waals surface area contributed by atoms with Crippen LogP contribution in [-0.2, 0) is 9.53 Å². The highest BCUT2D eigenvalue weighted by Crippen LogP contribution is 2.34. The first-order valence-corrected chi connectivity index (χ1v) is 14.1. The Morgan fingerprint density at radius 1 is 1.06 bits per heavy atom. The number of methoxy groups -OCH3 is 1. The van der Waals surface area contributed by atoms with Crippen molar-refractivity contribution in [1.29, 1.82) is 0 Å². The highest BCUT2D eigenvalue weighted by molar-refractivity contribution is 5.76. The van der Waals surface area contributed by atoms with E-state index < -0.39 is 0 Å². The van der Waals surface area contributed by atoms with E-state index in [2.05, 4.69) is 16.7 Å². The maximum Gasteiger partial charge on any atom is 0.305 e. The van der Waals surface area contributed by atoms with Gasteiger partial charge in [0, 0.05) is 37.8 Å². The molecule has 0 amide bonds. The molecule has 7 nitrogen and oxygen atoms in total. The Hall–Kier alpha value is -2.41. The average Bonchev–Trinajstić information content (AvgIpc) is 3.30. The van der Waals surface area contributed by atoms with Crippen molar-refractivity contribution >= 4 is 22.8 Å². The van der Waals surface area contributed by atoms with E-state index in [1.165, 1.54) is 65.0 Å². The third-order valence-corrected chi connectivity index (χ3v) is 8.83. The van der Waals surface area contributed by atoms with Gasteiger partial charge in [-0.1, -0.05) is 44.2 Å². The third kappa shape index (κ3) is 5.31. The Bertz CT molecular complexity index is 1110. The zero-order chi connectivity index (χ0) is 25.1. The van der Waals surface area contributed by atoms with E-state index >= 15 is 0 Å². The number of likely N-dealkylation sites (tertiary alicyclic amines) is 1. The molecule has 36 heavy (non-hydrogen) atoms. The predicted octanol–water partition coefficient (Wildman–Crippen LogP) is 4.92. The fraction of sp³-hybridized carbons (Fsp3) is 0.690. The molecule has 5 rings (SSSR count). The molecule has 0 bridgehead atoms. The lowest BCUT2D eigenvalue weighted by molar-refractivity contribution is -0.141. The number of anilines is 1. The van der Waals surface area contributed by atoms with Crippen LogP contribution in [0.2, 0.25) is 0 Å². The van der Waals surface area contributed by atoms with Crippen molar-refractivity contribution in [3.63, 3.8) is 0 Å². The second-order valence-corrected chi connectivity index (χ2v) is 11.2. The number of nitrogens with zero attached hydrogens (tertiary/aromatic N) is 4. The van der Waals surface area contributed by atoms with E-state index in [9.17, 15) is 9.59 Å². The molecular formula is C29H42N4O3. The summed E-state index contributed by atoms with van der Waals surface area (Å²) < 4.78 is 6.86. The van der Waals surface area contributed by atoms with Gasteiger partial charge in [0.25, 0.3) is 5.56 Å². The number of carbonyl (C=O) groups excluding carboxylic acids is 1. The smallest absolute Gasteiger partial charge is 0.305 e. The summed E-state index contributed by atoms with van der Waals surface area (Å²) in [4.78, 5) is 35.3. The molecule has 0 radical (unpaired) electrons. The van der Waals surface area contributed by atoms with E-state index in [0.717, 1.165) is 30.4 Å². The molecule has 1 saturated carbocycles. The maximum atomic E-state index is 13.9. The van der Waals surface area contributed by atoms with Crippen LogP contribution in [0.25, 0.3) is 11.0 Å². The van der Waals surface area contributed by atoms with Gasteiger partial charge in [-0.3, -0.25) is 14.5 Å². The summed E-state index contributed by atoms with van der Waals surface area (Å²) in [5, 5.41) is 0. The van der Waals surface area contributed by atoms with Gasteiger partial charge in [-0.25, -0.2) is 4.98 Å². The first kappa shape index (κ1) is 25.2. The standard InChI is InChI=1S/C29H42N4O3/c1-21(18-24-15-17-32(24)23-10-6-4-3-5-7-11-23)33-26-13-9-8-12-25(26)30-28(29(33)35)31-16-14-22(20-31)19-27(34)36-2/h8-9,12-13,21-24H,3-7,10-11,14-20H2,1-2H3/t21-,22?,24-/m0/s1. The van der Waals surface area contributed by atoms with Gasteiger partial charge in [0.1, 0.15) is 0 Å². The molecule has 0 spiro atoms. The SMILES string of the molecule is COC(=O)CC1CCN(c2nc3ccccc3n([C@@H](C)C[C@@H]3CCN3C3CCCCCCC3)c2=O)C1. The molecule has 1 aliphatic carbocycles. The summed E-state index contributed by atoms with van der Waals surface area (Å²) in [6.45, 7) is 4.82.